The second kappa shape index (κ2) is 6.97. The van der Waals surface area contributed by atoms with Crippen LogP contribution in [-0.4, -0.2) is 47.5 Å². The molecule has 0 spiro atoms. The summed E-state index contributed by atoms with van der Waals surface area (Å²) in [6, 6.07) is 13.0. The summed E-state index contributed by atoms with van der Waals surface area (Å²) in [4.78, 5) is 18.0. The Morgan fingerprint density at radius 1 is 1.31 bits per heavy atom. The number of hydrogen-bond donors (Lipinski definition) is 2. The van der Waals surface area contributed by atoms with E-state index >= 15 is 0 Å². The summed E-state index contributed by atoms with van der Waals surface area (Å²) in [5.74, 6) is 1.33. The van der Waals surface area contributed by atoms with Gasteiger partial charge in [0.25, 0.3) is 0 Å². The quantitative estimate of drug-likeness (QED) is 0.847. The topological polar surface area (TPSA) is 74.2 Å². The predicted octanol–water partition coefficient (Wildman–Crippen LogP) is 3.27. The van der Waals surface area contributed by atoms with Crippen LogP contribution < -0.4 is 10.1 Å². The van der Waals surface area contributed by atoms with Gasteiger partial charge < -0.3 is 20.1 Å². The Balaban J connectivity index is 1.76. The number of para-hydroxylation sites is 1. The third-order valence-corrected chi connectivity index (χ3v) is 4.71. The second-order valence-electron chi connectivity index (χ2n) is 6.34. The third-order valence-electron chi connectivity index (χ3n) is 4.47. The van der Waals surface area contributed by atoms with E-state index < -0.39 is 5.97 Å². The fraction of sp³-hybridized carbons (Fsp3) is 0.263. The number of amidine groups is 1. The number of carboxylic acid groups (broad SMARTS) is 1. The lowest BCUT2D eigenvalue weighted by molar-refractivity contribution is -0.137. The standard InChI is InChI=1S/C19H18ClN3O3/c20-12-5-6-17-15(9-12)22-19(14-3-1-2-4-16(14)26-17)23-8-7-21-13(11-23)10-18(24)25/h1-6,9,13,21H,7-8,10-11H2,(H,24,25)/t13-/m1/s1. The monoisotopic (exact) mass is 371 g/mol. The minimum atomic E-state index is -0.812. The average molecular weight is 372 g/mol. The molecular formula is C19H18ClN3O3. The van der Waals surface area contributed by atoms with Crippen molar-refractivity contribution in [1.29, 1.82) is 0 Å². The van der Waals surface area contributed by atoms with Crippen molar-refractivity contribution in [2.24, 2.45) is 4.99 Å². The van der Waals surface area contributed by atoms with Crippen LogP contribution in [0, 0.1) is 0 Å². The van der Waals surface area contributed by atoms with Crippen molar-refractivity contribution in [2.75, 3.05) is 19.6 Å². The van der Waals surface area contributed by atoms with Crippen molar-refractivity contribution in [3.63, 3.8) is 0 Å². The maximum Gasteiger partial charge on any atom is 0.304 e. The van der Waals surface area contributed by atoms with Gasteiger partial charge in [0.1, 0.15) is 17.3 Å². The molecule has 26 heavy (non-hydrogen) atoms. The van der Waals surface area contributed by atoms with Crippen molar-refractivity contribution >= 4 is 29.1 Å². The van der Waals surface area contributed by atoms with Gasteiger partial charge in [-0.3, -0.25) is 4.79 Å². The van der Waals surface area contributed by atoms with E-state index in [1.807, 2.05) is 30.3 Å². The minimum Gasteiger partial charge on any atom is -0.481 e. The first-order valence-electron chi connectivity index (χ1n) is 8.46. The lowest BCUT2D eigenvalue weighted by Gasteiger charge is -2.35. The number of nitrogens with one attached hydrogen (secondary N) is 1. The van der Waals surface area contributed by atoms with Gasteiger partial charge in [-0.25, -0.2) is 4.99 Å². The SMILES string of the molecule is O=C(O)C[C@@H]1CN(C2=Nc3cc(Cl)ccc3Oc3ccccc32)CCN1. The molecule has 2 heterocycles. The number of halogens is 1. The Labute approximate surface area is 156 Å². The van der Waals surface area contributed by atoms with Crippen LogP contribution in [0.1, 0.15) is 12.0 Å². The molecule has 2 aromatic rings. The third kappa shape index (κ3) is 3.38. The molecule has 1 atom stereocenters. The maximum atomic E-state index is 11.1. The maximum absolute atomic E-state index is 11.1. The molecule has 134 valence electrons. The highest BCUT2D eigenvalue weighted by Crippen LogP contribution is 2.39. The van der Waals surface area contributed by atoms with Crippen LogP contribution in [0.4, 0.5) is 5.69 Å². The van der Waals surface area contributed by atoms with Gasteiger partial charge in [0, 0.05) is 30.7 Å². The van der Waals surface area contributed by atoms with Gasteiger partial charge in [0.15, 0.2) is 5.75 Å². The van der Waals surface area contributed by atoms with E-state index in [9.17, 15) is 4.79 Å². The lowest BCUT2D eigenvalue weighted by atomic mass is 10.1. The van der Waals surface area contributed by atoms with Crippen LogP contribution in [0.3, 0.4) is 0 Å². The van der Waals surface area contributed by atoms with Crippen LogP contribution in [0.15, 0.2) is 47.5 Å². The molecule has 0 amide bonds. The van der Waals surface area contributed by atoms with Crippen LogP contribution in [0.2, 0.25) is 5.02 Å². The fourth-order valence-electron chi connectivity index (χ4n) is 3.30. The Morgan fingerprint density at radius 2 is 2.15 bits per heavy atom. The van der Waals surface area contributed by atoms with Crippen LogP contribution in [-0.2, 0) is 4.79 Å². The van der Waals surface area contributed by atoms with Gasteiger partial charge in [-0.1, -0.05) is 23.7 Å². The van der Waals surface area contributed by atoms with Gasteiger partial charge in [-0.05, 0) is 30.3 Å². The number of rotatable bonds is 2. The van der Waals surface area contributed by atoms with Crippen molar-refractivity contribution in [3.05, 3.63) is 53.1 Å². The summed E-state index contributed by atoms with van der Waals surface area (Å²) < 4.78 is 6.06. The van der Waals surface area contributed by atoms with Gasteiger partial charge >= 0.3 is 5.97 Å². The smallest absolute Gasteiger partial charge is 0.304 e. The van der Waals surface area contributed by atoms with Crippen molar-refractivity contribution < 1.29 is 14.6 Å². The Bertz CT molecular complexity index is 884. The Kier molecular flexibility index (Phi) is 4.53. The summed E-state index contributed by atoms with van der Waals surface area (Å²) >= 11 is 6.14. The van der Waals surface area contributed by atoms with E-state index in [1.165, 1.54) is 0 Å². The number of carbonyl (C=O) groups is 1. The summed E-state index contributed by atoms with van der Waals surface area (Å²) in [6.45, 7) is 2.00. The zero-order valence-electron chi connectivity index (χ0n) is 14.0. The number of fused-ring (bicyclic) bond motifs is 2. The van der Waals surface area contributed by atoms with E-state index in [2.05, 4.69) is 10.2 Å². The molecule has 6 nitrogen and oxygen atoms in total. The highest BCUT2D eigenvalue weighted by Gasteiger charge is 2.28. The van der Waals surface area contributed by atoms with E-state index in [0.29, 0.717) is 29.5 Å². The number of ether oxygens (including phenoxy) is 1. The van der Waals surface area contributed by atoms with Crippen LogP contribution in [0.5, 0.6) is 11.5 Å². The van der Waals surface area contributed by atoms with E-state index in [0.717, 1.165) is 23.7 Å². The molecule has 0 aromatic heterocycles. The number of benzene rings is 2. The number of aliphatic imine (C=N–C) groups is 1. The summed E-state index contributed by atoms with van der Waals surface area (Å²) in [6.07, 6.45) is 0.0738. The largest absolute Gasteiger partial charge is 0.481 e. The summed E-state index contributed by atoms with van der Waals surface area (Å²) in [5, 5.41) is 12.9. The highest BCUT2D eigenvalue weighted by atomic mass is 35.5. The normalized spacial score (nSPS) is 18.9. The zero-order valence-corrected chi connectivity index (χ0v) is 14.7. The van der Waals surface area contributed by atoms with Crippen molar-refractivity contribution in [1.82, 2.24) is 10.2 Å². The first kappa shape index (κ1) is 16.9. The van der Waals surface area contributed by atoms with E-state index in [1.54, 1.807) is 12.1 Å². The van der Waals surface area contributed by atoms with E-state index in [4.69, 9.17) is 26.4 Å². The zero-order chi connectivity index (χ0) is 18.1. The van der Waals surface area contributed by atoms with Gasteiger partial charge in [-0.2, -0.15) is 0 Å². The number of piperazine rings is 1. The van der Waals surface area contributed by atoms with Crippen molar-refractivity contribution in [3.8, 4) is 11.5 Å². The fourth-order valence-corrected chi connectivity index (χ4v) is 3.47. The molecule has 4 rings (SSSR count). The first-order valence-corrected chi connectivity index (χ1v) is 8.83. The molecule has 0 radical (unpaired) electrons. The molecule has 0 unspecified atom stereocenters. The molecule has 0 aliphatic carbocycles. The number of carboxylic acids is 1. The minimum absolute atomic E-state index is 0.0738. The van der Waals surface area contributed by atoms with Crippen LogP contribution >= 0.6 is 11.6 Å². The molecule has 2 N–H and O–H groups in total. The van der Waals surface area contributed by atoms with Gasteiger partial charge in [0.05, 0.1) is 12.0 Å². The molecule has 7 heteroatoms. The van der Waals surface area contributed by atoms with Gasteiger partial charge in [0.2, 0.25) is 0 Å². The molecule has 0 saturated carbocycles. The Morgan fingerprint density at radius 3 is 3.00 bits per heavy atom. The molecule has 0 bridgehead atoms. The number of aliphatic carboxylic acids is 1. The molecule has 1 fully saturated rings. The molecular weight excluding hydrogens is 354 g/mol. The van der Waals surface area contributed by atoms with Crippen molar-refractivity contribution in [2.45, 2.75) is 12.5 Å². The molecule has 2 aromatic carbocycles. The summed E-state index contributed by atoms with van der Waals surface area (Å²) in [7, 11) is 0. The average Bonchev–Trinajstić information content (AvgIpc) is 2.78. The first-order chi connectivity index (χ1) is 12.6. The van der Waals surface area contributed by atoms with Crippen LogP contribution in [0.25, 0.3) is 0 Å². The Hall–Kier alpha value is -2.57. The lowest BCUT2D eigenvalue weighted by Crippen LogP contribution is -2.53. The van der Waals surface area contributed by atoms with Gasteiger partial charge in [-0.15, -0.1) is 0 Å². The second-order valence-corrected chi connectivity index (χ2v) is 6.78. The number of nitrogens with zero attached hydrogens (tertiary/aromatic N) is 2. The molecule has 2 aliphatic rings. The molecule has 2 aliphatic heterocycles. The predicted molar refractivity (Wildman–Crippen MR) is 99.8 cm³/mol. The van der Waals surface area contributed by atoms with E-state index in [-0.39, 0.29) is 12.5 Å². The molecule has 1 saturated heterocycles. The summed E-state index contributed by atoms with van der Waals surface area (Å²) in [5.41, 5.74) is 1.55. The number of hydrogen-bond acceptors (Lipinski definition) is 5. The highest BCUT2D eigenvalue weighted by molar-refractivity contribution is 6.31.